The van der Waals surface area contributed by atoms with Gasteiger partial charge in [-0.25, -0.2) is 4.98 Å². The van der Waals surface area contributed by atoms with Crippen molar-refractivity contribution in [1.29, 1.82) is 0 Å². The molecule has 0 bridgehead atoms. The first-order valence-corrected chi connectivity index (χ1v) is 6.26. The Morgan fingerprint density at radius 1 is 1.19 bits per heavy atom. The van der Waals surface area contributed by atoms with Crippen LogP contribution in [0.5, 0.6) is 0 Å². The van der Waals surface area contributed by atoms with Crippen molar-refractivity contribution in [1.82, 2.24) is 24.7 Å². The van der Waals surface area contributed by atoms with E-state index in [0.29, 0.717) is 12.4 Å². The molecular weight excluding hydrogens is 311 g/mol. The second kappa shape index (κ2) is 4.72. The molecule has 112 valence electrons. The predicted octanol–water partition coefficient (Wildman–Crippen LogP) is 1.34. The van der Waals surface area contributed by atoms with E-state index in [-0.39, 0.29) is 30.0 Å². The summed E-state index contributed by atoms with van der Waals surface area (Å²) in [7, 11) is 0. The standard InChI is InChI=1S/C10H9ClF3N7/c11-5-3-6(17-9(15)16-5)20-1-2-21-7(4-20)18-19-8(21)10(12,13)14/h3H,1-2,4H2,(H2,15,16,17). The highest BCUT2D eigenvalue weighted by Gasteiger charge is 2.39. The van der Waals surface area contributed by atoms with Gasteiger partial charge in [-0.3, -0.25) is 0 Å². The van der Waals surface area contributed by atoms with Gasteiger partial charge in [-0.1, -0.05) is 11.6 Å². The molecule has 1 aliphatic rings. The Morgan fingerprint density at radius 3 is 2.62 bits per heavy atom. The molecule has 0 unspecified atom stereocenters. The molecule has 21 heavy (non-hydrogen) atoms. The molecule has 0 saturated carbocycles. The van der Waals surface area contributed by atoms with Crippen LogP contribution in [0.15, 0.2) is 6.07 Å². The minimum absolute atomic E-state index is 0.000482. The van der Waals surface area contributed by atoms with Crippen molar-refractivity contribution < 1.29 is 13.2 Å². The Balaban J connectivity index is 1.90. The summed E-state index contributed by atoms with van der Waals surface area (Å²) in [5.41, 5.74) is 5.51. The van der Waals surface area contributed by atoms with Gasteiger partial charge in [-0.2, -0.15) is 18.2 Å². The Hall–Kier alpha value is -2.10. The van der Waals surface area contributed by atoms with Gasteiger partial charge in [0.2, 0.25) is 11.8 Å². The van der Waals surface area contributed by atoms with Gasteiger partial charge in [0.15, 0.2) is 5.82 Å². The SMILES string of the molecule is Nc1nc(Cl)cc(N2CCn3c(nnc3C(F)(F)F)C2)n1. The summed E-state index contributed by atoms with van der Waals surface area (Å²) in [4.78, 5) is 9.46. The number of halogens is 4. The average Bonchev–Trinajstić information content (AvgIpc) is 2.80. The quantitative estimate of drug-likeness (QED) is 0.798. The third-order valence-corrected chi connectivity index (χ3v) is 3.22. The molecule has 7 nitrogen and oxygen atoms in total. The zero-order valence-corrected chi connectivity index (χ0v) is 11.2. The fraction of sp³-hybridized carbons (Fsp3) is 0.400. The third kappa shape index (κ3) is 2.58. The van der Waals surface area contributed by atoms with Crippen LogP contribution in [-0.2, 0) is 19.3 Å². The van der Waals surface area contributed by atoms with E-state index >= 15 is 0 Å². The van der Waals surface area contributed by atoms with Crippen molar-refractivity contribution in [2.24, 2.45) is 0 Å². The van der Waals surface area contributed by atoms with Crippen LogP contribution >= 0.6 is 11.6 Å². The number of hydrogen-bond donors (Lipinski definition) is 1. The highest BCUT2D eigenvalue weighted by molar-refractivity contribution is 6.29. The van der Waals surface area contributed by atoms with Crippen LogP contribution in [0, 0.1) is 0 Å². The second-order valence-corrected chi connectivity index (χ2v) is 4.81. The van der Waals surface area contributed by atoms with Crippen LogP contribution in [-0.4, -0.2) is 31.3 Å². The van der Waals surface area contributed by atoms with Crippen molar-refractivity contribution >= 4 is 23.4 Å². The van der Waals surface area contributed by atoms with Gasteiger partial charge in [0, 0.05) is 19.2 Å². The number of alkyl halides is 3. The van der Waals surface area contributed by atoms with Crippen molar-refractivity contribution in [3.05, 3.63) is 22.9 Å². The van der Waals surface area contributed by atoms with Crippen molar-refractivity contribution in [2.45, 2.75) is 19.3 Å². The van der Waals surface area contributed by atoms with Gasteiger partial charge in [0.25, 0.3) is 0 Å². The minimum Gasteiger partial charge on any atom is -0.368 e. The molecule has 2 N–H and O–H groups in total. The van der Waals surface area contributed by atoms with E-state index in [9.17, 15) is 13.2 Å². The average molecular weight is 320 g/mol. The molecule has 2 aromatic heterocycles. The van der Waals surface area contributed by atoms with Gasteiger partial charge in [-0.05, 0) is 0 Å². The first kappa shape index (κ1) is 13.9. The summed E-state index contributed by atoms with van der Waals surface area (Å²) in [6.07, 6.45) is -4.52. The lowest BCUT2D eigenvalue weighted by molar-refractivity contribution is -0.147. The van der Waals surface area contributed by atoms with Gasteiger partial charge in [-0.15, -0.1) is 10.2 Å². The number of hydrogen-bond acceptors (Lipinski definition) is 6. The van der Waals surface area contributed by atoms with Crippen molar-refractivity contribution in [2.75, 3.05) is 17.2 Å². The molecule has 0 fully saturated rings. The van der Waals surface area contributed by atoms with Gasteiger partial charge >= 0.3 is 6.18 Å². The summed E-state index contributed by atoms with van der Waals surface area (Å²) < 4.78 is 39.3. The number of nitrogens with zero attached hydrogens (tertiary/aromatic N) is 6. The van der Waals surface area contributed by atoms with Gasteiger partial charge < -0.3 is 15.2 Å². The first-order chi connectivity index (χ1) is 9.84. The molecule has 0 atom stereocenters. The molecule has 1 aliphatic heterocycles. The highest BCUT2D eigenvalue weighted by atomic mass is 35.5. The summed E-state index contributed by atoms with van der Waals surface area (Å²) in [5.74, 6) is -0.338. The molecule has 3 heterocycles. The summed E-state index contributed by atoms with van der Waals surface area (Å²) in [6.45, 7) is 0.537. The molecule has 0 aromatic carbocycles. The smallest absolute Gasteiger partial charge is 0.368 e. The third-order valence-electron chi connectivity index (χ3n) is 3.03. The van der Waals surface area contributed by atoms with Gasteiger partial charge in [0.1, 0.15) is 11.0 Å². The molecule has 2 aromatic rings. The van der Waals surface area contributed by atoms with Crippen LogP contribution in [0.4, 0.5) is 24.9 Å². The number of aromatic nitrogens is 5. The number of nitrogen functional groups attached to an aromatic ring is 1. The largest absolute Gasteiger partial charge is 0.451 e. The Kier molecular flexibility index (Phi) is 3.12. The van der Waals surface area contributed by atoms with E-state index in [1.54, 1.807) is 4.90 Å². The number of anilines is 2. The number of fused-ring (bicyclic) bond motifs is 1. The van der Waals surface area contributed by atoms with Crippen LogP contribution in [0.1, 0.15) is 11.6 Å². The van der Waals surface area contributed by atoms with E-state index in [4.69, 9.17) is 17.3 Å². The normalized spacial score (nSPS) is 15.1. The van der Waals surface area contributed by atoms with Crippen molar-refractivity contribution in [3.63, 3.8) is 0 Å². The first-order valence-electron chi connectivity index (χ1n) is 5.89. The molecule has 0 radical (unpaired) electrons. The van der Waals surface area contributed by atoms with E-state index < -0.39 is 12.0 Å². The van der Waals surface area contributed by atoms with Crippen molar-refractivity contribution in [3.8, 4) is 0 Å². The highest BCUT2D eigenvalue weighted by Crippen LogP contribution is 2.30. The molecule has 11 heteroatoms. The Labute approximate surface area is 121 Å². The molecule has 3 rings (SSSR count). The van der Waals surface area contributed by atoms with Crippen LogP contribution < -0.4 is 10.6 Å². The monoisotopic (exact) mass is 319 g/mol. The van der Waals surface area contributed by atoms with E-state index in [1.807, 2.05) is 0 Å². The number of nitrogens with two attached hydrogens (primary N) is 1. The van der Waals surface area contributed by atoms with Crippen LogP contribution in [0.25, 0.3) is 0 Å². The predicted molar refractivity (Wildman–Crippen MR) is 67.5 cm³/mol. The summed E-state index contributed by atoms with van der Waals surface area (Å²) in [5, 5.41) is 6.96. The van der Waals surface area contributed by atoms with Gasteiger partial charge in [0.05, 0.1) is 6.54 Å². The maximum Gasteiger partial charge on any atom is 0.451 e. The lowest BCUT2D eigenvalue weighted by Gasteiger charge is -2.28. The Bertz CT molecular complexity index is 664. The fourth-order valence-electron chi connectivity index (χ4n) is 2.15. The molecule has 0 spiro atoms. The Morgan fingerprint density at radius 2 is 1.95 bits per heavy atom. The summed E-state index contributed by atoms with van der Waals surface area (Å²) >= 11 is 5.79. The summed E-state index contributed by atoms with van der Waals surface area (Å²) in [6, 6.07) is 1.49. The molecule has 0 aliphatic carbocycles. The molecule has 0 saturated heterocycles. The van der Waals surface area contributed by atoms with Crippen LogP contribution in [0.2, 0.25) is 5.15 Å². The van der Waals surface area contributed by atoms with E-state index in [2.05, 4.69) is 20.2 Å². The lowest BCUT2D eigenvalue weighted by Crippen LogP contribution is -2.36. The zero-order chi connectivity index (χ0) is 15.2. The maximum absolute atomic E-state index is 12.7. The topological polar surface area (TPSA) is 85.8 Å². The molecular formula is C10H9ClF3N7. The zero-order valence-electron chi connectivity index (χ0n) is 10.5. The maximum atomic E-state index is 12.7. The van der Waals surface area contributed by atoms with E-state index in [1.165, 1.54) is 6.07 Å². The number of rotatable bonds is 1. The van der Waals surface area contributed by atoms with E-state index in [0.717, 1.165) is 4.57 Å². The second-order valence-electron chi connectivity index (χ2n) is 4.42. The molecule has 0 amide bonds. The van der Waals surface area contributed by atoms with Crippen LogP contribution in [0.3, 0.4) is 0 Å². The minimum atomic E-state index is -4.52. The lowest BCUT2D eigenvalue weighted by atomic mass is 10.3. The fourth-order valence-corrected chi connectivity index (χ4v) is 2.33.